The van der Waals surface area contributed by atoms with Gasteiger partial charge in [0, 0.05) is 21.5 Å². The molecule has 4 heteroatoms. The molecule has 0 aromatic heterocycles. The molecule has 0 radical (unpaired) electrons. The van der Waals surface area contributed by atoms with Gasteiger partial charge in [-0.1, -0.05) is 53.5 Å². The van der Waals surface area contributed by atoms with Gasteiger partial charge in [-0.15, -0.1) is 0 Å². The maximum absolute atomic E-state index is 6.28. The SMILES string of the molecule is Cc1cc(OCCC[N+](C)(C)Cc2ccc(Br)cc2)c(C(C)C)cc1Cl. The Kier molecular flexibility index (Phi) is 7.57. The van der Waals surface area contributed by atoms with Gasteiger partial charge in [-0.25, -0.2) is 0 Å². The van der Waals surface area contributed by atoms with E-state index < -0.39 is 0 Å². The zero-order valence-electron chi connectivity index (χ0n) is 16.5. The summed E-state index contributed by atoms with van der Waals surface area (Å²) in [6.07, 6.45) is 1.02. The van der Waals surface area contributed by atoms with Gasteiger partial charge in [-0.3, -0.25) is 0 Å². The molecular weight excluding hydrogens is 410 g/mol. The van der Waals surface area contributed by atoms with Crippen molar-refractivity contribution in [1.82, 2.24) is 0 Å². The lowest BCUT2D eigenvalue weighted by Gasteiger charge is -2.30. The third kappa shape index (κ3) is 6.29. The van der Waals surface area contributed by atoms with Gasteiger partial charge < -0.3 is 9.22 Å². The Morgan fingerprint density at radius 2 is 1.77 bits per heavy atom. The number of benzene rings is 2. The lowest BCUT2D eigenvalue weighted by atomic mass is 10.0. The van der Waals surface area contributed by atoms with Gasteiger partial charge in [-0.2, -0.15) is 0 Å². The van der Waals surface area contributed by atoms with Crippen LogP contribution in [0.1, 0.15) is 42.9 Å². The van der Waals surface area contributed by atoms with Crippen LogP contribution in [0.4, 0.5) is 0 Å². The maximum Gasteiger partial charge on any atom is 0.123 e. The number of rotatable bonds is 8. The number of hydrogen-bond donors (Lipinski definition) is 0. The number of quaternary nitrogens is 1. The lowest BCUT2D eigenvalue weighted by molar-refractivity contribution is -0.903. The number of hydrogen-bond acceptors (Lipinski definition) is 1. The summed E-state index contributed by atoms with van der Waals surface area (Å²) >= 11 is 9.77. The first-order chi connectivity index (χ1) is 12.2. The van der Waals surface area contributed by atoms with Gasteiger partial charge >= 0.3 is 0 Å². The molecule has 0 aliphatic rings. The second kappa shape index (κ2) is 9.25. The molecule has 0 saturated carbocycles. The molecule has 0 bridgehead atoms. The summed E-state index contributed by atoms with van der Waals surface area (Å²) < 4.78 is 8.19. The van der Waals surface area contributed by atoms with Gasteiger partial charge in [0.1, 0.15) is 12.3 Å². The van der Waals surface area contributed by atoms with E-state index >= 15 is 0 Å². The van der Waals surface area contributed by atoms with Crippen LogP contribution in [0, 0.1) is 6.92 Å². The first kappa shape index (κ1) is 21.3. The minimum atomic E-state index is 0.396. The molecule has 0 aliphatic heterocycles. The number of ether oxygens (including phenoxy) is 1. The number of halogens is 2. The molecule has 2 aromatic carbocycles. The van der Waals surface area contributed by atoms with Crippen molar-refractivity contribution < 1.29 is 9.22 Å². The molecule has 2 nitrogen and oxygen atoms in total. The predicted molar refractivity (Wildman–Crippen MR) is 115 cm³/mol. The monoisotopic (exact) mass is 438 g/mol. The summed E-state index contributed by atoms with van der Waals surface area (Å²) in [7, 11) is 4.54. The smallest absolute Gasteiger partial charge is 0.123 e. The van der Waals surface area contributed by atoms with E-state index in [2.05, 4.69) is 74.2 Å². The Morgan fingerprint density at radius 3 is 2.38 bits per heavy atom. The largest absolute Gasteiger partial charge is 0.493 e. The molecule has 2 aromatic rings. The Labute approximate surface area is 171 Å². The molecule has 0 saturated heterocycles. The molecule has 142 valence electrons. The van der Waals surface area contributed by atoms with Crippen molar-refractivity contribution in [3.63, 3.8) is 0 Å². The van der Waals surface area contributed by atoms with Crippen molar-refractivity contribution >= 4 is 27.5 Å². The quantitative estimate of drug-likeness (QED) is 0.333. The molecule has 0 unspecified atom stereocenters. The summed E-state index contributed by atoms with van der Waals surface area (Å²) in [6.45, 7) is 9.18. The van der Waals surface area contributed by atoms with Gasteiger partial charge in [0.15, 0.2) is 0 Å². The summed E-state index contributed by atoms with van der Waals surface area (Å²) in [5, 5.41) is 0.813. The Hall–Kier alpha value is -1.03. The van der Waals surface area contributed by atoms with Crippen molar-refractivity contribution in [2.75, 3.05) is 27.2 Å². The highest BCUT2D eigenvalue weighted by atomic mass is 79.9. The lowest BCUT2D eigenvalue weighted by Crippen LogP contribution is -2.40. The molecular formula is C22H30BrClNO+. The van der Waals surface area contributed by atoms with E-state index in [0.29, 0.717) is 5.92 Å². The third-order valence-corrected chi connectivity index (χ3v) is 5.54. The van der Waals surface area contributed by atoms with Crippen LogP contribution < -0.4 is 4.74 Å². The van der Waals surface area contributed by atoms with Crippen molar-refractivity contribution in [3.05, 3.63) is 62.6 Å². The van der Waals surface area contributed by atoms with Crippen molar-refractivity contribution in [2.24, 2.45) is 0 Å². The van der Waals surface area contributed by atoms with Gasteiger partial charge in [0.05, 0.1) is 27.2 Å². The van der Waals surface area contributed by atoms with E-state index in [-0.39, 0.29) is 0 Å². The highest BCUT2D eigenvalue weighted by molar-refractivity contribution is 9.10. The zero-order chi connectivity index (χ0) is 19.3. The summed E-state index contributed by atoms with van der Waals surface area (Å²) in [5.74, 6) is 1.37. The standard InChI is InChI=1S/C22H30BrClNO/c1-16(2)20-14-21(24)17(3)13-22(20)26-12-6-11-25(4,5)15-18-7-9-19(23)10-8-18/h7-10,13-14,16H,6,11-12,15H2,1-5H3/q+1. The molecule has 26 heavy (non-hydrogen) atoms. The van der Waals surface area contributed by atoms with Crippen LogP contribution in [0.25, 0.3) is 0 Å². The molecule has 2 rings (SSSR count). The molecule has 0 atom stereocenters. The molecule has 0 heterocycles. The summed E-state index contributed by atoms with van der Waals surface area (Å²) in [6, 6.07) is 12.7. The van der Waals surface area contributed by atoms with E-state index in [1.807, 2.05) is 13.0 Å². The average molecular weight is 440 g/mol. The fraction of sp³-hybridized carbons (Fsp3) is 0.455. The van der Waals surface area contributed by atoms with Crippen LogP contribution in [0.5, 0.6) is 5.75 Å². The second-order valence-corrected chi connectivity index (χ2v) is 9.26. The zero-order valence-corrected chi connectivity index (χ0v) is 18.8. The Balaban J connectivity index is 1.89. The fourth-order valence-electron chi connectivity index (χ4n) is 3.08. The minimum Gasteiger partial charge on any atom is -0.493 e. The normalized spacial score (nSPS) is 11.8. The van der Waals surface area contributed by atoms with E-state index in [0.717, 1.165) is 51.4 Å². The second-order valence-electron chi connectivity index (χ2n) is 7.94. The summed E-state index contributed by atoms with van der Waals surface area (Å²) in [5.41, 5.74) is 3.61. The highest BCUT2D eigenvalue weighted by Crippen LogP contribution is 2.32. The van der Waals surface area contributed by atoms with Crippen LogP contribution in [-0.2, 0) is 6.54 Å². The van der Waals surface area contributed by atoms with E-state index in [9.17, 15) is 0 Å². The van der Waals surface area contributed by atoms with Gasteiger partial charge in [0.25, 0.3) is 0 Å². The van der Waals surface area contributed by atoms with Crippen molar-refractivity contribution in [2.45, 2.75) is 39.7 Å². The third-order valence-electron chi connectivity index (χ3n) is 4.60. The van der Waals surface area contributed by atoms with E-state index in [1.54, 1.807) is 0 Å². The van der Waals surface area contributed by atoms with Crippen LogP contribution >= 0.6 is 27.5 Å². The Bertz CT molecular complexity index is 726. The topological polar surface area (TPSA) is 9.23 Å². The van der Waals surface area contributed by atoms with Crippen LogP contribution in [-0.4, -0.2) is 31.7 Å². The fourth-order valence-corrected chi connectivity index (χ4v) is 3.52. The van der Waals surface area contributed by atoms with Crippen LogP contribution in [0.3, 0.4) is 0 Å². The van der Waals surface area contributed by atoms with Gasteiger partial charge in [-0.05, 0) is 48.2 Å². The summed E-state index contributed by atoms with van der Waals surface area (Å²) in [4.78, 5) is 0. The molecule has 0 amide bonds. The van der Waals surface area contributed by atoms with E-state index in [4.69, 9.17) is 16.3 Å². The molecule has 0 fully saturated rings. The Morgan fingerprint density at radius 1 is 1.12 bits per heavy atom. The number of aryl methyl sites for hydroxylation is 1. The first-order valence-electron chi connectivity index (χ1n) is 9.17. The number of nitrogens with zero attached hydrogens (tertiary/aromatic N) is 1. The predicted octanol–water partition coefficient (Wildman–Crippen LogP) is 6.58. The van der Waals surface area contributed by atoms with Crippen molar-refractivity contribution in [3.8, 4) is 5.75 Å². The van der Waals surface area contributed by atoms with Gasteiger partial charge in [0.2, 0.25) is 0 Å². The van der Waals surface area contributed by atoms with E-state index in [1.165, 1.54) is 11.1 Å². The molecule has 0 aliphatic carbocycles. The molecule has 0 spiro atoms. The maximum atomic E-state index is 6.28. The highest BCUT2D eigenvalue weighted by Gasteiger charge is 2.16. The average Bonchev–Trinajstić information content (AvgIpc) is 2.56. The van der Waals surface area contributed by atoms with Crippen molar-refractivity contribution in [1.29, 1.82) is 0 Å². The molecule has 0 N–H and O–H groups in total. The van der Waals surface area contributed by atoms with Crippen LogP contribution in [0.15, 0.2) is 40.9 Å². The minimum absolute atomic E-state index is 0.396. The first-order valence-corrected chi connectivity index (χ1v) is 10.3. The van der Waals surface area contributed by atoms with Crippen LogP contribution in [0.2, 0.25) is 5.02 Å².